The highest BCUT2D eigenvalue weighted by atomic mass is 19.1. The molecule has 0 atom stereocenters. The summed E-state index contributed by atoms with van der Waals surface area (Å²) in [6.45, 7) is 3.74. The Labute approximate surface area is 148 Å². The molecule has 0 amide bonds. The second-order valence-corrected chi connectivity index (χ2v) is 6.28. The van der Waals surface area contributed by atoms with Gasteiger partial charge in [0.15, 0.2) is 16.9 Å². The van der Waals surface area contributed by atoms with Gasteiger partial charge in [0.1, 0.15) is 11.6 Å². The molecule has 0 saturated carbocycles. The number of aromatic nitrogens is 6. The molecule has 0 aliphatic carbocycles. The first-order valence-corrected chi connectivity index (χ1v) is 8.04. The van der Waals surface area contributed by atoms with Gasteiger partial charge in [0.05, 0.1) is 24.0 Å². The van der Waals surface area contributed by atoms with Gasteiger partial charge in [-0.05, 0) is 13.8 Å². The van der Waals surface area contributed by atoms with E-state index in [1.54, 1.807) is 9.08 Å². The van der Waals surface area contributed by atoms with Crippen LogP contribution in [0.4, 0.5) is 10.2 Å². The quantitative estimate of drug-likeness (QED) is 0.561. The van der Waals surface area contributed by atoms with Gasteiger partial charge >= 0.3 is 0 Å². The van der Waals surface area contributed by atoms with Crippen molar-refractivity contribution in [1.82, 2.24) is 29.4 Å². The Morgan fingerprint density at radius 2 is 1.88 bits per heavy atom. The summed E-state index contributed by atoms with van der Waals surface area (Å²) in [5.41, 5.74) is 3.03. The number of hydrogen-bond donors (Lipinski definition) is 0. The second-order valence-electron chi connectivity index (χ2n) is 6.28. The first kappa shape index (κ1) is 16.2. The lowest BCUT2D eigenvalue weighted by Gasteiger charge is -2.14. The number of hydrogen-bond acceptors (Lipinski definition) is 6. The van der Waals surface area contributed by atoms with Crippen LogP contribution in [-0.4, -0.2) is 50.6 Å². The number of aryl methyl sites for hydroxylation is 2. The minimum absolute atomic E-state index is 0.316. The second kappa shape index (κ2) is 5.65. The van der Waals surface area contributed by atoms with Gasteiger partial charge in [-0.3, -0.25) is 4.40 Å². The molecule has 0 radical (unpaired) electrons. The SMILES string of the molecule is COc1cc(F)cc2c1nnc1c(C)nc(-n3nc(C)cc3N(C)C)n12. The van der Waals surface area contributed by atoms with Crippen LogP contribution in [0.1, 0.15) is 11.4 Å². The molecule has 9 heteroatoms. The van der Waals surface area contributed by atoms with Crippen LogP contribution in [0.2, 0.25) is 0 Å². The van der Waals surface area contributed by atoms with Crippen molar-refractivity contribution < 1.29 is 9.13 Å². The van der Waals surface area contributed by atoms with E-state index in [0.29, 0.717) is 34.1 Å². The van der Waals surface area contributed by atoms with Crippen molar-refractivity contribution >= 4 is 22.5 Å². The molecule has 0 spiro atoms. The lowest BCUT2D eigenvalue weighted by atomic mass is 10.2. The topological polar surface area (TPSA) is 73.4 Å². The van der Waals surface area contributed by atoms with E-state index >= 15 is 0 Å². The molecule has 0 unspecified atom stereocenters. The Kier molecular flexibility index (Phi) is 3.53. The van der Waals surface area contributed by atoms with Crippen molar-refractivity contribution in [2.75, 3.05) is 26.1 Å². The van der Waals surface area contributed by atoms with Gasteiger partial charge in [0, 0.05) is 32.3 Å². The first-order chi connectivity index (χ1) is 12.4. The van der Waals surface area contributed by atoms with Crippen LogP contribution in [0.25, 0.3) is 22.6 Å². The minimum Gasteiger partial charge on any atom is -0.494 e. The third kappa shape index (κ3) is 2.27. The van der Waals surface area contributed by atoms with E-state index in [1.165, 1.54) is 19.2 Å². The molecule has 0 bridgehead atoms. The van der Waals surface area contributed by atoms with E-state index in [4.69, 9.17) is 4.74 Å². The number of rotatable bonds is 3. The highest BCUT2D eigenvalue weighted by Crippen LogP contribution is 2.29. The largest absolute Gasteiger partial charge is 0.494 e. The number of methoxy groups -OCH3 is 1. The maximum Gasteiger partial charge on any atom is 0.239 e. The molecule has 3 heterocycles. The molecular formula is C17H18FN7O. The third-order valence-corrected chi connectivity index (χ3v) is 4.19. The Morgan fingerprint density at radius 1 is 1.12 bits per heavy atom. The lowest BCUT2D eigenvalue weighted by molar-refractivity contribution is 0.415. The monoisotopic (exact) mass is 355 g/mol. The number of ether oxygens (including phenoxy) is 1. The van der Waals surface area contributed by atoms with E-state index in [-0.39, 0.29) is 0 Å². The summed E-state index contributed by atoms with van der Waals surface area (Å²) in [6.07, 6.45) is 0. The maximum absolute atomic E-state index is 14.2. The van der Waals surface area contributed by atoms with E-state index in [1.807, 2.05) is 38.9 Å². The van der Waals surface area contributed by atoms with E-state index in [9.17, 15) is 4.39 Å². The van der Waals surface area contributed by atoms with Gasteiger partial charge in [-0.1, -0.05) is 0 Å². The Balaban J connectivity index is 2.16. The number of benzene rings is 1. The molecule has 0 saturated heterocycles. The number of fused-ring (bicyclic) bond motifs is 3. The number of halogens is 1. The fraction of sp³-hybridized carbons (Fsp3) is 0.294. The van der Waals surface area contributed by atoms with E-state index in [2.05, 4.69) is 20.3 Å². The summed E-state index contributed by atoms with van der Waals surface area (Å²) < 4.78 is 22.9. The van der Waals surface area contributed by atoms with Crippen LogP contribution in [-0.2, 0) is 0 Å². The van der Waals surface area contributed by atoms with Crippen molar-refractivity contribution in [2.45, 2.75) is 13.8 Å². The van der Waals surface area contributed by atoms with Gasteiger partial charge < -0.3 is 9.64 Å². The molecule has 134 valence electrons. The van der Waals surface area contributed by atoms with Crippen molar-refractivity contribution in [1.29, 1.82) is 0 Å². The van der Waals surface area contributed by atoms with Crippen LogP contribution in [0, 0.1) is 19.7 Å². The summed E-state index contributed by atoms with van der Waals surface area (Å²) in [5, 5.41) is 13.0. The van der Waals surface area contributed by atoms with Crippen LogP contribution >= 0.6 is 0 Å². The molecular weight excluding hydrogens is 337 g/mol. The summed E-state index contributed by atoms with van der Waals surface area (Å²) in [6, 6.07) is 4.64. The van der Waals surface area contributed by atoms with Gasteiger partial charge in [-0.15, -0.1) is 10.2 Å². The molecule has 4 aromatic rings. The number of anilines is 1. The van der Waals surface area contributed by atoms with Gasteiger partial charge in [-0.2, -0.15) is 9.78 Å². The third-order valence-electron chi connectivity index (χ3n) is 4.19. The van der Waals surface area contributed by atoms with Crippen LogP contribution in [0.3, 0.4) is 0 Å². The fourth-order valence-corrected chi connectivity index (χ4v) is 3.02. The summed E-state index contributed by atoms with van der Waals surface area (Å²) in [4.78, 5) is 6.56. The molecule has 3 aromatic heterocycles. The van der Waals surface area contributed by atoms with Crippen LogP contribution in [0.5, 0.6) is 5.75 Å². The maximum atomic E-state index is 14.2. The predicted octanol–water partition coefficient (Wildman–Crippen LogP) is 2.29. The van der Waals surface area contributed by atoms with E-state index < -0.39 is 5.82 Å². The molecule has 0 N–H and O–H groups in total. The minimum atomic E-state index is -0.426. The fourth-order valence-electron chi connectivity index (χ4n) is 3.02. The number of imidazole rings is 1. The molecule has 26 heavy (non-hydrogen) atoms. The van der Waals surface area contributed by atoms with Crippen molar-refractivity contribution in [3.63, 3.8) is 0 Å². The van der Waals surface area contributed by atoms with Gasteiger partial charge in [0.2, 0.25) is 5.95 Å². The average Bonchev–Trinajstić information content (AvgIpc) is 3.14. The Morgan fingerprint density at radius 3 is 2.58 bits per heavy atom. The van der Waals surface area contributed by atoms with Crippen molar-refractivity contribution in [3.8, 4) is 11.7 Å². The van der Waals surface area contributed by atoms with Crippen LogP contribution in [0.15, 0.2) is 18.2 Å². The van der Waals surface area contributed by atoms with Gasteiger partial charge in [-0.25, -0.2) is 9.37 Å². The molecule has 0 fully saturated rings. The molecule has 0 aliphatic rings. The molecule has 8 nitrogen and oxygen atoms in total. The zero-order valence-electron chi connectivity index (χ0n) is 15.1. The summed E-state index contributed by atoms with van der Waals surface area (Å²) in [5.74, 6) is 1.26. The van der Waals surface area contributed by atoms with Gasteiger partial charge in [0.25, 0.3) is 0 Å². The van der Waals surface area contributed by atoms with Crippen molar-refractivity contribution in [3.05, 3.63) is 35.4 Å². The van der Waals surface area contributed by atoms with Crippen molar-refractivity contribution in [2.24, 2.45) is 0 Å². The summed E-state index contributed by atoms with van der Waals surface area (Å²) >= 11 is 0. The van der Waals surface area contributed by atoms with E-state index in [0.717, 1.165) is 11.5 Å². The highest BCUT2D eigenvalue weighted by Gasteiger charge is 2.20. The first-order valence-electron chi connectivity index (χ1n) is 8.04. The van der Waals surface area contributed by atoms with Crippen LogP contribution < -0.4 is 9.64 Å². The standard InChI is InChI=1S/C17H18FN7O/c1-9-6-14(23(3)4)25(22-9)17-19-10(2)16-21-20-15-12(24(16)17)7-11(18)8-13(15)26-5/h6-8H,1-5H3. The molecule has 4 rings (SSSR count). The predicted molar refractivity (Wildman–Crippen MR) is 95.7 cm³/mol. The zero-order chi connectivity index (χ0) is 18.6. The summed E-state index contributed by atoms with van der Waals surface area (Å²) in [7, 11) is 5.33. The zero-order valence-corrected chi connectivity index (χ0v) is 15.1. The normalized spacial score (nSPS) is 11.5. The average molecular weight is 355 g/mol. The number of nitrogens with zero attached hydrogens (tertiary/aromatic N) is 7. The smallest absolute Gasteiger partial charge is 0.239 e. The Bertz CT molecular complexity index is 1150. The highest BCUT2D eigenvalue weighted by molar-refractivity contribution is 5.84. The molecule has 1 aromatic carbocycles. The lowest BCUT2D eigenvalue weighted by Crippen LogP contribution is -2.16. The molecule has 0 aliphatic heterocycles. The Hall–Kier alpha value is -3.23.